The van der Waals surface area contributed by atoms with Gasteiger partial charge in [-0.2, -0.15) is 5.10 Å². The van der Waals surface area contributed by atoms with Crippen LogP contribution in [0.1, 0.15) is 45.1 Å². The number of nitrogens with zero attached hydrogens (tertiary/aromatic N) is 3. The van der Waals surface area contributed by atoms with Gasteiger partial charge >= 0.3 is 0 Å². The molecule has 26 heavy (non-hydrogen) atoms. The smallest absolute Gasteiger partial charge is 0.153 e. The Morgan fingerprint density at radius 1 is 1.35 bits per heavy atom. The highest BCUT2D eigenvalue weighted by Crippen LogP contribution is 2.36. The summed E-state index contributed by atoms with van der Waals surface area (Å²) < 4.78 is 26.9. The molecule has 0 aliphatic carbocycles. The predicted octanol–water partition coefficient (Wildman–Crippen LogP) is 3.82. The molecule has 0 aliphatic rings. The molecule has 0 saturated heterocycles. The first-order valence-corrected chi connectivity index (χ1v) is 9.79. The van der Waals surface area contributed by atoms with E-state index in [1.54, 1.807) is 23.0 Å². The molecule has 2 aromatic heterocycles. The first kappa shape index (κ1) is 18.7. The maximum atomic E-state index is 13.8. The molecule has 5 nitrogen and oxygen atoms in total. The van der Waals surface area contributed by atoms with Gasteiger partial charge in [-0.3, -0.25) is 5.14 Å². The largest absolute Gasteiger partial charge is 0.251 e. The van der Waals surface area contributed by atoms with Crippen molar-refractivity contribution in [3.8, 4) is 11.3 Å². The van der Waals surface area contributed by atoms with Crippen molar-refractivity contribution in [2.45, 2.75) is 44.3 Å². The second-order valence-electron chi connectivity index (χ2n) is 7.06. The van der Waals surface area contributed by atoms with E-state index in [9.17, 15) is 8.60 Å². The van der Waals surface area contributed by atoms with Crippen LogP contribution in [0.5, 0.6) is 0 Å². The first-order chi connectivity index (χ1) is 12.3. The maximum Gasteiger partial charge on any atom is 0.153 e. The second kappa shape index (κ2) is 7.25. The molecule has 2 N–H and O–H groups in total. The number of benzene rings is 1. The lowest BCUT2D eigenvalue weighted by Gasteiger charge is -2.28. The minimum absolute atomic E-state index is 0.0740. The zero-order valence-corrected chi connectivity index (χ0v) is 16.0. The lowest BCUT2D eigenvalue weighted by Crippen LogP contribution is -2.33. The van der Waals surface area contributed by atoms with Crippen molar-refractivity contribution in [3.05, 3.63) is 54.1 Å². The van der Waals surface area contributed by atoms with Crippen LogP contribution in [0.2, 0.25) is 0 Å². The van der Waals surface area contributed by atoms with Crippen molar-refractivity contribution in [1.29, 1.82) is 0 Å². The normalized spacial score (nSPS) is 14.5. The highest BCUT2D eigenvalue weighted by Gasteiger charge is 2.30. The van der Waals surface area contributed by atoms with Gasteiger partial charge in [-0.25, -0.2) is 18.1 Å². The Hall–Kier alpha value is -2.12. The molecule has 1 aromatic carbocycles. The summed E-state index contributed by atoms with van der Waals surface area (Å²) in [6.07, 6.45) is 4.90. The molecule has 0 aliphatic heterocycles. The number of hydrogen-bond acceptors (Lipinski definition) is 3. The molecular weight excluding hydrogens is 351 g/mol. The topological polar surface area (TPSA) is 73.3 Å². The number of aromatic nitrogens is 3. The lowest BCUT2D eigenvalue weighted by molar-refractivity contribution is 0.506. The number of imidazole rings is 1. The number of fused-ring (bicyclic) bond motifs is 1. The fourth-order valence-electron chi connectivity index (χ4n) is 3.19. The van der Waals surface area contributed by atoms with Crippen LogP contribution in [0.4, 0.5) is 4.39 Å². The summed E-state index contributed by atoms with van der Waals surface area (Å²) in [6, 6.07) is 8.39. The summed E-state index contributed by atoms with van der Waals surface area (Å²) in [4.78, 5) is 4.32. The van der Waals surface area contributed by atoms with Crippen LogP contribution in [-0.2, 0) is 11.0 Å². The summed E-state index contributed by atoms with van der Waals surface area (Å²) in [7, 11) is -1.45. The van der Waals surface area contributed by atoms with Crippen LogP contribution >= 0.6 is 0 Å². The average Bonchev–Trinajstić information content (AvgIpc) is 3.06. The van der Waals surface area contributed by atoms with E-state index >= 15 is 0 Å². The van der Waals surface area contributed by atoms with Gasteiger partial charge in [-0.05, 0) is 56.4 Å². The quantitative estimate of drug-likeness (QED) is 0.713. The summed E-state index contributed by atoms with van der Waals surface area (Å²) in [6.45, 7) is 5.87. The van der Waals surface area contributed by atoms with Crippen LogP contribution in [0.3, 0.4) is 0 Å². The Morgan fingerprint density at radius 3 is 2.77 bits per heavy atom. The van der Waals surface area contributed by atoms with E-state index in [4.69, 9.17) is 5.14 Å². The Morgan fingerprint density at radius 2 is 2.12 bits per heavy atom. The zero-order valence-electron chi connectivity index (χ0n) is 15.1. The van der Waals surface area contributed by atoms with Gasteiger partial charge in [-0.1, -0.05) is 19.1 Å². The Bertz CT molecular complexity index is 954. The van der Waals surface area contributed by atoms with E-state index in [-0.39, 0.29) is 11.7 Å². The average molecular weight is 374 g/mol. The molecule has 138 valence electrons. The van der Waals surface area contributed by atoms with Crippen molar-refractivity contribution in [2.24, 2.45) is 5.14 Å². The first-order valence-electron chi connectivity index (χ1n) is 8.58. The van der Waals surface area contributed by atoms with E-state index in [0.717, 1.165) is 17.6 Å². The van der Waals surface area contributed by atoms with Crippen molar-refractivity contribution in [3.63, 3.8) is 0 Å². The minimum atomic E-state index is -1.45. The molecule has 3 aromatic rings. The fourth-order valence-corrected chi connectivity index (χ4v) is 3.56. The minimum Gasteiger partial charge on any atom is -0.251 e. The number of rotatable bonds is 6. The summed E-state index contributed by atoms with van der Waals surface area (Å²) >= 11 is 0. The van der Waals surface area contributed by atoms with Crippen LogP contribution < -0.4 is 5.14 Å². The molecule has 0 spiro atoms. The van der Waals surface area contributed by atoms with Crippen molar-refractivity contribution < 1.29 is 8.60 Å². The van der Waals surface area contributed by atoms with E-state index in [0.29, 0.717) is 17.7 Å². The monoisotopic (exact) mass is 374 g/mol. The summed E-state index contributed by atoms with van der Waals surface area (Å²) in [5.74, 6) is -0.234. The van der Waals surface area contributed by atoms with Crippen molar-refractivity contribution in [2.75, 3.05) is 0 Å². The van der Waals surface area contributed by atoms with Gasteiger partial charge in [0.25, 0.3) is 0 Å². The van der Waals surface area contributed by atoms with Gasteiger partial charge in [0.15, 0.2) is 5.65 Å². The molecule has 0 amide bonds. The maximum absolute atomic E-state index is 13.8. The molecule has 0 radical (unpaired) electrons. The molecule has 7 heteroatoms. The van der Waals surface area contributed by atoms with E-state index in [1.807, 2.05) is 26.0 Å². The van der Waals surface area contributed by atoms with Gasteiger partial charge in [-0.15, -0.1) is 0 Å². The summed E-state index contributed by atoms with van der Waals surface area (Å²) in [5, 5.41) is 10.4. The lowest BCUT2D eigenvalue weighted by atomic mass is 9.86. The van der Waals surface area contributed by atoms with Gasteiger partial charge < -0.3 is 0 Å². The van der Waals surface area contributed by atoms with E-state index in [1.165, 1.54) is 12.1 Å². The third-order valence-electron chi connectivity index (χ3n) is 4.73. The molecule has 0 bridgehead atoms. The molecule has 1 unspecified atom stereocenters. The van der Waals surface area contributed by atoms with Gasteiger partial charge in [0.05, 0.1) is 21.4 Å². The SMILES string of the molecule is CC[C@H](CC(C)(C)S(N)=O)c1cc2nccn2nc1-c1cccc(F)c1. The van der Waals surface area contributed by atoms with Crippen LogP contribution in [0.15, 0.2) is 42.7 Å². The van der Waals surface area contributed by atoms with Gasteiger partial charge in [0.2, 0.25) is 0 Å². The zero-order chi connectivity index (χ0) is 18.9. The second-order valence-corrected chi connectivity index (χ2v) is 8.76. The Labute approximate surface area is 155 Å². The molecule has 0 fully saturated rings. The third kappa shape index (κ3) is 3.68. The molecular formula is C19H23FN4OS. The molecule has 2 atom stereocenters. The number of halogens is 1. The van der Waals surface area contributed by atoms with Crippen molar-refractivity contribution in [1.82, 2.24) is 14.6 Å². The molecule has 0 saturated carbocycles. The highest BCUT2D eigenvalue weighted by molar-refractivity contribution is 7.84. The number of hydrogen-bond donors (Lipinski definition) is 1. The van der Waals surface area contributed by atoms with E-state index in [2.05, 4.69) is 17.0 Å². The summed E-state index contributed by atoms with van der Waals surface area (Å²) in [5.41, 5.74) is 3.11. The van der Waals surface area contributed by atoms with Crippen molar-refractivity contribution >= 4 is 16.6 Å². The number of nitrogens with two attached hydrogens (primary N) is 1. The van der Waals surface area contributed by atoms with Gasteiger partial charge in [0, 0.05) is 18.0 Å². The van der Waals surface area contributed by atoms with Crippen LogP contribution in [0, 0.1) is 5.82 Å². The Kier molecular flexibility index (Phi) is 5.20. The molecule has 3 rings (SSSR count). The van der Waals surface area contributed by atoms with Crippen LogP contribution in [0.25, 0.3) is 16.9 Å². The third-order valence-corrected chi connectivity index (χ3v) is 5.98. The highest BCUT2D eigenvalue weighted by atomic mass is 32.2. The fraction of sp³-hybridized carbons (Fsp3) is 0.368. The molecule has 2 heterocycles. The van der Waals surface area contributed by atoms with Gasteiger partial charge in [0.1, 0.15) is 5.82 Å². The predicted molar refractivity (Wildman–Crippen MR) is 102 cm³/mol. The van der Waals surface area contributed by atoms with E-state index < -0.39 is 15.7 Å². The standard InChI is InChI=1S/C19H23FN4OS/c1-4-13(12-19(2,3)26(21)25)16-11-17-22-8-9-24(17)23-18(16)14-6-5-7-15(20)10-14/h5-11,13H,4,12,21H2,1-3H3/t13-,26?/m1/s1. The Balaban J connectivity index is 2.16. The van der Waals surface area contributed by atoms with Crippen LogP contribution in [-0.4, -0.2) is 23.6 Å².